The number of halogens is 1. The third-order valence-corrected chi connectivity index (χ3v) is 4.78. The smallest absolute Gasteiger partial charge is 0.0931 e. The van der Waals surface area contributed by atoms with E-state index in [1.54, 1.807) is 11.3 Å². The average molecular weight is 288 g/mol. The maximum atomic E-state index is 5.92. The van der Waals surface area contributed by atoms with Crippen LogP contribution >= 0.6 is 22.9 Å². The minimum atomic E-state index is 0.424. The van der Waals surface area contributed by atoms with Gasteiger partial charge in [0.25, 0.3) is 0 Å². The SMILES string of the molecule is CC(C)C1CC(NCCc2ccc(Cl)s2)CCO1. The van der Waals surface area contributed by atoms with Gasteiger partial charge < -0.3 is 10.1 Å². The minimum absolute atomic E-state index is 0.424. The highest BCUT2D eigenvalue weighted by atomic mass is 35.5. The molecule has 4 heteroatoms. The summed E-state index contributed by atoms with van der Waals surface area (Å²) < 4.78 is 6.67. The largest absolute Gasteiger partial charge is 0.378 e. The molecular formula is C14H22ClNOS. The Morgan fingerprint density at radius 1 is 1.50 bits per heavy atom. The summed E-state index contributed by atoms with van der Waals surface area (Å²) in [7, 11) is 0. The van der Waals surface area contributed by atoms with Crippen molar-refractivity contribution in [3.8, 4) is 0 Å². The Bertz CT molecular complexity index is 366. The van der Waals surface area contributed by atoms with Gasteiger partial charge in [0.1, 0.15) is 0 Å². The van der Waals surface area contributed by atoms with Gasteiger partial charge in [0.15, 0.2) is 0 Å². The molecule has 0 radical (unpaired) electrons. The molecular weight excluding hydrogens is 266 g/mol. The molecule has 0 saturated carbocycles. The average Bonchev–Trinajstić information content (AvgIpc) is 2.75. The predicted octanol–water partition coefficient (Wildman–Crippen LogP) is 3.74. The highest BCUT2D eigenvalue weighted by molar-refractivity contribution is 7.16. The lowest BCUT2D eigenvalue weighted by Gasteiger charge is -2.32. The molecule has 2 unspecified atom stereocenters. The van der Waals surface area contributed by atoms with E-state index in [-0.39, 0.29) is 0 Å². The molecule has 0 spiro atoms. The third kappa shape index (κ3) is 4.23. The molecule has 18 heavy (non-hydrogen) atoms. The van der Waals surface area contributed by atoms with Crippen LogP contribution in [0.4, 0.5) is 0 Å². The van der Waals surface area contributed by atoms with Gasteiger partial charge in [0.05, 0.1) is 10.4 Å². The predicted molar refractivity (Wildman–Crippen MR) is 78.6 cm³/mol. The van der Waals surface area contributed by atoms with E-state index in [4.69, 9.17) is 16.3 Å². The monoisotopic (exact) mass is 287 g/mol. The van der Waals surface area contributed by atoms with Crippen LogP contribution in [-0.4, -0.2) is 25.3 Å². The summed E-state index contributed by atoms with van der Waals surface area (Å²) in [5.74, 6) is 0.616. The molecule has 1 N–H and O–H groups in total. The summed E-state index contributed by atoms with van der Waals surface area (Å²) in [6.45, 7) is 6.40. The van der Waals surface area contributed by atoms with Crippen LogP contribution in [0.15, 0.2) is 12.1 Å². The quantitative estimate of drug-likeness (QED) is 0.891. The van der Waals surface area contributed by atoms with E-state index in [1.165, 1.54) is 4.88 Å². The summed E-state index contributed by atoms with van der Waals surface area (Å²) in [5.41, 5.74) is 0. The van der Waals surface area contributed by atoms with Crippen LogP contribution in [-0.2, 0) is 11.2 Å². The van der Waals surface area contributed by atoms with Gasteiger partial charge >= 0.3 is 0 Å². The molecule has 102 valence electrons. The van der Waals surface area contributed by atoms with Crippen molar-refractivity contribution in [2.24, 2.45) is 5.92 Å². The Balaban J connectivity index is 1.70. The van der Waals surface area contributed by atoms with Crippen molar-refractivity contribution in [2.75, 3.05) is 13.2 Å². The Morgan fingerprint density at radius 2 is 2.33 bits per heavy atom. The van der Waals surface area contributed by atoms with Crippen LogP contribution in [0.1, 0.15) is 31.6 Å². The molecule has 1 fully saturated rings. The van der Waals surface area contributed by atoms with E-state index >= 15 is 0 Å². The van der Waals surface area contributed by atoms with Gasteiger partial charge in [-0.05, 0) is 37.3 Å². The van der Waals surface area contributed by atoms with Crippen LogP contribution in [0.3, 0.4) is 0 Å². The second kappa shape index (κ2) is 6.90. The zero-order chi connectivity index (χ0) is 13.0. The van der Waals surface area contributed by atoms with E-state index in [1.807, 2.05) is 6.07 Å². The van der Waals surface area contributed by atoms with Crippen LogP contribution in [0.2, 0.25) is 4.34 Å². The summed E-state index contributed by atoms with van der Waals surface area (Å²) in [6, 6.07) is 4.71. The second-order valence-electron chi connectivity index (χ2n) is 5.28. The molecule has 0 aliphatic carbocycles. The zero-order valence-corrected chi connectivity index (χ0v) is 12.7. The van der Waals surface area contributed by atoms with Crippen LogP contribution in [0.5, 0.6) is 0 Å². The number of rotatable bonds is 5. The third-order valence-electron chi connectivity index (χ3n) is 3.49. The van der Waals surface area contributed by atoms with Crippen molar-refractivity contribution in [3.63, 3.8) is 0 Å². The van der Waals surface area contributed by atoms with Crippen molar-refractivity contribution in [3.05, 3.63) is 21.3 Å². The number of nitrogens with one attached hydrogen (secondary N) is 1. The number of thiophene rings is 1. The van der Waals surface area contributed by atoms with Gasteiger partial charge in [-0.3, -0.25) is 0 Å². The molecule has 0 amide bonds. The zero-order valence-electron chi connectivity index (χ0n) is 11.1. The lowest BCUT2D eigenvalue weighted by Crippen LogP contribution is -2.41. The van der Waals surface area contributed by atoms with Gasteiger partial charge in [-0.15, -0.1) is 11.3 Å². The maximum absolute atomic E-state index is 5.92. The molecule has 2 heterocycles. The van der Waals surface area contributed by atoms with Crippen molar-refractivity contribution in [2.45, 2.75) is 45.3 Å². The minimum Gasteiger partial charge on any atom is -0.378 e. The molecule has 1 saturated heterocycles. The lowest BCUT2D eigenvalue weighted by molar-refractivity contribution is -0.0241. The Kier molecular flexibility index (Phi) is 5.49. The fourth-order valence-electron chi connectivity index (χ4n) is 2.36. The highest BCUT2D eigenvalue weighted by Crippen LogP contribution is 2.22. The highest BCUT2D eigenvalue weighted by Gasteiger charge is 2.24. The summed E-state index contributed by atoms with van der Waals surface area (Å²) in [6.07, 6.45) is 3.77. The van der Waals surface area contributed by atoms with Crippen molar-refractivity contribution in [1.82, 2.24) is 5.32 Å². The molecule has 2 nitrogen and oxygen atoms in total. The Labute approximate surface area is 119 Å². The maximum Gasteiger partial charge on any atom is 0.0931 e. The van der Waals surface area contributed by atoms with Crippen molar-refractivity contribution >= 4 is 22.9 Å². The van der Waals surface area contributed by atoms with Crippen LogP contribution in [0, 0.1) is 5.92 Å². The fraction of sp³-hybridized carbons (Fsp3) is 0.714. The molecule has 0 aromatic carbocycles. The van der Waals surface area contributed by atoms with Gasteiger partial charge in [-0.1, -0.05) is 25.4 Å². The van der Waals surface area contributed by atoms with Gasteiger partial charge in [0, 0.05) is 24.1 Å². The Morgan fingerprint density at radius 3 is 3.00 bits per heavy atom. The summed E-state index contributed by atoms with van der Waals surface area (Å²) in [5, 5.41) is 3.65. The molecule has 1 aliphatic heterocycles. The lowest BCUT2D eigenvalue weighted by atomic mass is 9.95. The van der Waals surface area contributed by atoms with Crippen molar-refractivity contribution in [1.29, 1.82) is 0 Å². The first kappa shape index (κ1) is 14.3. The molecule has 2 atom stereocenters. The normalized spacial score (nSPS) is 24.7. The van der Waals surface area contributed by atoms with Gasteiger partial charge in [0.2, 0.25) is 0 Å². The summed E-state index contributed by atoms with van der Waals surface area (Å²) in [4.78, 5) is 1.36. The fourth-order valence-corrected chi connectivity index (χ4v) is 3.45. The molecule has 1 aliphatic rings. The van der Waals surface area contributed by atoms with Crippen molar-refractivity contribution < 1.29 is 4.74 Å². The van der Waals surface area contributed by atoms with E-state index in [2.05, 4.69) is 25.2 Å². The van der Waals surface area contributed by atoms with E-state index in [9.17, 15) is 0 Å². The van der Waals surface area contributed by atoms with E-state index in [0.29, 0.717) is 18.1 Å². The molecule has 1 aromatic heterocycles. The summed E-state index contributed by atoms with van der Waals surface area (Å²) >= 11 is 7.60. The van der Waals surface area contributed by atoms with E-state index in [0.717, 1.165) is 36.8 Å². The molecule has 0 bridgehead atoms. The first-order valence-corrected chi connectivity index (χ1v) is 7.94. The topological polar surface area (TPSA) is 21.3 Å². The number of hydrogen-bond acceptors (Lipinski definition) is 3. The van der Waals surface area contributed by atoms with Gasteiger partial charge in [-0.2, -0.15) is 0 Å². The van der Waals surface area contributed by atoms with Crippen LogP contribution in [0.25, 0.3) is 0 Å². The number of hydrogen-bond donors (Lipinski definition) is 1. The second-order valence-corrected chi connectivity index (χ2v) is 7.08. The number of ether oxygens (including phenoxy) is 1. The first-order chi connectivity index (χ1) is 8.65. The van der Waals surface area contributed by atoms with E-state index < -0.39 is 0 Å². The molecule has 2 rings (SSSR count). The first-order valence-electron chi connectivity index (χ1n) is 6.74. The Hall–Kier alpha value is -0.0900. The molecule has 1 aromatic rings. The van der Waals surface area contributed by atoms with Gasteiger partial charge in [-0.25, -0.2) is 0 Å². The van der Waals surface area contributed by atoms with Crippen LogP contribution < -0.4 is 5.32 Å². The standard InChI is InChI=1S/C14H22ClNOS/c1-10(2)13-9-11(6-8-17-13)16-7-5-12-3-4-14(15)18-12/h3-4,10-11,13,16H,5-9H2,1-2H3.